The zero-order valence-electron chi connectivity index (χ0n) is 9.94. The van der Waals surface area contributed by atoms with Crippen molar-refractivity contribution in [2.24, 2.45) is 0 Å². The third-order valence-corrected chi connectivity index (χ3v) is 2.16. The van der Waals surface area contributed by atoms with Gasteiger partial charge in [0.1, 0.15) is 11.5 Å². The summed E-state index contributed by atoms with van der Waals surface area (Å²) in [7, 11) is 0. The normalized spacial score (nSPS) is 9.67. The van der Waals surface area contributed by atoms with E-state index in [0.717, 1.165) is 0 Å². The molecule has 0 N–H and O–H groups in total. The Balaban J connectivity index is 2.65. The topological polar surface area (TPSA) is 52.6 Å². The number of carbonyl (C=O) groups is 2. The van der Waals surface area contributed by atoms with Crippen LogP contribution in [0.5, 0.6) is 5.75 Å². The van der Waals surface area contributed by atoms with Crippen LogP contribution in [-0.4, -0.2) is 17.8 Å². The van der Waals surface area contributed by atoms with Gasteiger partial charge in [-0.05, 0) is 24.3 Å². The van der Waals surface area contributed by atoms with Gasteiger partial charge in [-0.1, -0.05) is 6.58 Å². The maximum Gasteiger partial charge on any atom is 0.312 e. The van der Waals surface area contributed by atoms with Crippen molar-refractivity contribution in [2.75, 3.05) is 5.88 Å². The first-order valence-corrected chi connectivity index (χ1v) is 5.81. The molecule has 0 aromatic heterocycles. The molecule has 0 spiro atoms. The molecule has 1 rings (SSSR count). The van der Waals surface area contributed by atoms with Crippen molar-refractivity contribution in [1.29, 1.82) is 0 Å². The first-order chi connectivity index (χ1) is 8.52. The van der Waals surface area contributed by atoms with Gasteiger partial charge in [-0.25, -0.2) is 0 Å². The largest absolute Gasteiger partial charge is 0.427 e. The summed E-state index contributed by atoms with van der Waals surface area (Å²) in [6.07, 6.45) is 0.156. The lowest BCUT2D eigenvalue weighted by atomic mass is 10.2. The minimum atomic E-state index is -0.433. The van der Waals surface area contributed by atoms with E-state index in [1.54, 1.807) is 24.3 Å². The number of hydrogen-bond acceptors (Lipinski definition) is 4. The molecule has 0 unspecified atom stereocenters. The fraction of sp³-hybridized carbons (Fsp3) is 0.231. The van der Waals surface area contributed by atoms with E-state index in [1.165, 1.54) is 6.92 Å². The molecule has 0 amide bonds. The van der Waals surface area contributed by atoms with Crippen LogP contribution in [0.1, 0.15) is 18.9 Å². The Bertz CT molecular complexity index is 451. The number of halogens is 1. The van der Waals surface area contributed by atoms with Crippen LogP contribution in [0.15, 0.2) is 30.8 Å². The molecule has 0 aliphatic heterocycles. The van der Waals surface area contributed by atoms with Crippen LogP contribution in [0.4, 0.5) is 0 Å². The predicted octanol–water partition coefficient (Wildman–Crippen LogP) is 2.75. The Morgan fingerprint density at radius 3 is 2.39 bits per heavy atom. The van der Waals surface area contributed by atoms with E-state index in [9.17, 15) is 9.59 Å². The van der Waals surface area contributed by atoms with E-state index < -0.39 is 11.9 Å². The quantitative estimate of drug-likeness (QED) is 0.357. The van der Waals surface area contributed by atoms with Gasteiger partial charge in [-0.3, -0.25) is 9.59 Å². The Labute approximate surface area is 110 Å². The van der Waals surface area contributed by atoms with E-state index in [1.807, 2.05) is 0 Å². The molecule has 1 aromatic carbocycles. The second-order valence-electron chi connectivity index (χ2n) is 3.45. The molecule has 0 aliphatic carbocycles. The lowest BCUT2D eigenvalue weighted by Gasteiger charge is -2.07. The molecule has 0 aliphatic rings. The smallest absolute Gasteiger partial charge is 0.312 e. The highest BCUT2D eigenvalue weighted by atomic mass is 35.5. The highest BCUT2D eigenvalue weighted by Gasteiger charge is 2.06. The number of carbonyl (C=O) groups excluding carboxylic acids is 2. The summed E-state index contributed by atoms with van der Waals surface area (Å²) < 4.78 is 9.85. The van der Waals surface area contributed by atoms with Crippen LogP contribution in [0, 0.1) is 0 Å². The summed E-state index contributed by atoms with van der Waals surface area (Å²) in [6.45, 7) is 4.92. The van der Waals surface area contributed by atoms with Crippen LogP contribution in [0.3, 0.4) is 0 Å². The van der Waals surface area contributed by atoms with Crippen LogP contribution in [0.2, 0.25) is 0 Å². The molecule has 96 valence electrons. The lowest BCUT2D eigenvalue weighted by molar-refractivity contribution is -0.134. The van der Waals surface area contributed by atoms with Crippen molar-refractivity contribution >= 4 is 29.3 Å². The van der Waals surface area contributed by atoms with Gasteiger partial charge >= 0.3 is 11.9 Å². The molecule has 0 saturated carbocycles. The summed E-state index contributed by atoms with van der Waals surface area (Å²) in [5, 5.41) is 0. The van der Waals surface area contributed by atoms with Crippen LogP contribution >= 0.6 is 11.6 Å². The number of rotatable bonds is 5. The van der Waals surface area contributed by atoms with Crippen molar-refractivity contribution in [2.45, 2.75) is 13.3 Å². The molecule has 0 atom stereocenters. The van der Waals surface area contributed by atoms with Gasteiger partial charge in [0, 0.05) is 18.4 Å². The molecule has 4 nitrogen and oxygen atoms in total. The minimum absolute atomic E-state index is 0.156. The van der Waals surface area contributed by atoms with Crippen molar-refractivity contribution in [3.63, 3.8) is 0 Å². The van der Waals surface area contributed by atoms with Gasteiger partial charge in [0.05, 0.1) is 6.42 Å². The summed E-state index contributed by atoms with van der Waals surface area (Å²) in [4.78, 5) is 21.9. The summed E-state index contributed by atoms with van der Waals surface area (Å²) in [5.74, 6) is 0.0555. The van der Waals surface area contributed by atoms with E-state index in [4.69, 9.17) is 21.1 Å². The maximum atomic E-state index is 11.2. The van der Waals surface area contributed by atoms with Gasteiger partial charge in [-0.2, -0.15) is 0 Å². The number of esters is 2. The summed E-state index contributed by atoms with van der Waals surface area (Å²) in [6, 6.07) is 6.48. The maximum absolute atomic E-state index is 11.2. The summed E-state index contributed by atoms with van der Waals surface area (Å²) >= 11 is 5.42. The predicted molar refractivity (Wildman–Crippen MR) is 68.2 cm³/mol. The molecule has 1 aromatic rings. The SMILES string of the molecule is C=C(OC(C)=O)c1ccc(OC(=O)CCCl)cc1. The first-order valence-electron chi connectivity index (χ1n) is 5.27. The van der Waals surface area contributed by atoms with Crippen molar-refractivity contribution in [3.05, 3.63) is 36.4 Å². The number of alkyl halides is 1. The minimum Gasteiger partial charge on any atom is -0.427 e. The average molecular weight is 269 g/mol. The molecule has 0 radical (unpaired) electrons. The van der Waals surface area contributed by atoms with Gasteiger partial charge in [0.15, 0.2) is 0 Å². The van der Waals surface area contributed by atoms with E-state index >= 15 is 0 Å². The Hall–Kier alpha value is -1.81. The Kier molecular flexibility index (Phi) is 5.39. The zero-order valence-corrected chi connectivity index (χ0v) is 10.7. The highest BCUT2D eigenvalue weighted by molar-refractivity contribution is 6.18. The van der Waals surface area contributed by atoms with Crippen LogP contribution < -0.4 is 4.74 Å². The molecular weight excluding hydrogens is 256 g/mol. The van der Waals surface area contributed by atoms with Gasteiger partial charge in [0.25, 0.3) is 0 Å². The zero-order chi connectivity index (χ0) is 13.5. The molecule has 0 fully saturated rings. The standard InChI is InChI=1S/C13H13ClO4/c1-9(17-10(2)15)11-3-5-12(6-4-11)18-13(16)7-8-14/h3-6H,1,7-8H2,2H3. The second-order valence-corrected chi connectivity index (χ2v) is 3.83. The van der Waals surface area contributed by atoms with E-state index in [-0.39, 0.29) is 18.1 Å². The van der Waals surface area contributed by atoms with Crippen molar-refractivity contribution in [1.82, 2.24) is 0 Å². The third-order valence-electron chi connectivity index (χ3n) is 1.97. The third kappa shape index (κ3) is 4.59. The fourth-order valence-electron chi connectivity index (χ4n) is 1.20. The van der Waals surface area contributed by atoms with Crippen LogP contribution in [-0.2, 0) is 14.3 Å². The van der Waals surface area contributed by atoms with Gasteiger partial charge in [-0.15, -0.1) is 11.6 Å². The van der Waals surface area contributed by atoms with Crippen LogP contribution in [0.25, 0.3) is 5.76 Å². The second kappa shape index (κ2) is 6.81. The number of benzene rings is 1. The molecule has 18 heavy (non-hydrogen) atoms. The van der Waals surface area contributed by atoms with Crippen molar-refractivity contribution < 1.29 is 19.1 Å². The average Bonchev–Trinajstić information content (AvgIpc) is 2.29. The number of ether oxygens (including phenoxy) is 2. The fourth-order valence-corrected chi connectivity index (χ4v) is 1.36. The van der Waals surface area contributed by atoms with E-state index in [0.29, 0.717) is 11.3 Å². The molecule has 0 saturated heterocycles. The molecule has 0 bridgehead atoms. The first kappa shape index (κ1) is 14.3. The number of hydrogen-bond donors (Lipinski definition) is 0. The summed E-state index contributed by atoms with van der Waals surface area (Å²) in [5.41, 5.74) is 0.641. The van der Waals surface area contributed by atoms with Crippen molar-refractivity contribution in [3.8, 4) is 5.75 Å². The molecule has 5 heteroatoms. The lowest BCUT2D eigenvalue weighted by Crippen LogP contribution is -2.08. The Morgan fingerprint density at radius 2 is 1.89 bits per heavy atom. The monoisotopic (exact) mass is 268 g/mol. The highest BCUT2D eigenvalue weighted by Crippen LogP contribution is 2.19. The molecular formula is C13H13ClO4. The molecule has 0 heterocycles. The van der Waals surface area contributed by atoms with Gasteiger partial charge in [0.2, 0.25) is 0 Å². The van der Waals surface area contributed by atoms with E-state index in [2.05, 4.69) is 6.58 Å². The van der Waals surface area contributed by atoms with Gasteiger partial charge < -0.3 is 9.47 Å². The Morgan fingerprint density at radius 1 is 1.28 bits per heavy atom.